The van der Waals surface area contributed by atoms with Gasteiger partial charge in [-0.2, -0.15) is 0 Å². The molecule has 0 saturated carbocycles. The Labute approximate surface area is 114 Å². The van der Waals surface area contributed by atoms with Gasteiger partial charge in [-0.05, 0) is 36.2 Å². The highest BCUT2D eigenvalue weighted by Crippen LogP contribution is 2.23. The van der Waals surface area contributed by atoms with E-state index in [2.05, 4.69) is 0 Å². The third-order valence-corrected chi connectivity index (χ3v) is 4.72. The molecule has 18 heavy (non-hydrogen) atoms. The van der Waals surface area contributed by atoms with E-state index in [1.165, 1.54) is 0 Å². The van der Waals surface area contributed by atoms with Crippen LogP contribution in [0.3, 0.4) is 0 Å². The van der Waals surface area contributed by atoms with Gasteiger partial charge in [0.05, 0.1) is 26.5 Å². The van der Waals surface area contributed by atoms with Crippen molar-refractivity contribution >= 4 is 28.1 Å². The summed E-state index contributed by atoms with van der Waals surface area (Å²) in [6, 6.07) is 12.9. The quantitative estimate of drug-likeness (QED) is 0.874. The molecule has 0 spiro atoms. The van der Waals surface area contributed by atoms with Crippen molar-refractivity contribution in [1.29, 1.82) is 0 Å². The van der Waals surface area contributed by atoms with E-state index in [0.717, 1.165) is 16.8 Å². The molecule has 2 aromatic rings. The van der Waals surface area contributed by atoms with Crippen LogP contribution in [0.1, 0.15) is 11.1 Å². The van der Waals surface area contributed by atoms with Crippen LogP contribution < -0.4 is 5.73 Å². The number of hydrogen-bond donors (Lipinski definition) is 1. The fourth-order valence-electron chi connectivity index (χ4n) is 1.71. The maximum Gasteiger partial charge on any atom is 0.0589 e. The summed E-state index contributed by atoms with van der Waals surface area (Å²) >= 11 is 6.04. The average Bonchev–Trinajstić information content (AvgIpc) is 2.35. The lowest BCUT2D eigenvalue weighted by atomic mass is 10.1. The lowest BCUT2D eigenvalue weighted by Crippen LogP contribution is -2.01. The number of nitrogens with two attached hydrogens (primary N) is 1. The highest BCUT2D eigenvalue weighted by atomic mass is 35.5. The Morgan fingerprint density at radius 3 is 2.61 bits per heavy atom. The fraction of sp³-hybridized carbons (Fsp3) is 0.143. The van der Waals surface area contributed by atoms with E-state index in [-0.39, 0.29) is 0 Å². The van der Waals surface area contributed by atoms with Gasteiger partial charge >= 0.3 is 0 Å². The van der Waals surface area contributed by atoms with E-state index in [1.807, 2.05) is 37.3 Å². The smallest absolute Gasteiger partial charge is 0.0589 e. The Hall–Kier alpha value is -1.32. The van der Waals surface area contributed by atoms with E-state index >= 15 is 0 Å². The molecular formula is C14H14ClNOS. The Kier molecular flexibility index (Phi) is 4.04. The number of hydrogen-bond acceptors (Lipinski definition) is 2. The molecule has 0 fully saturated rings. The molecule has 2 nitrogen and oxygen atoms in total. The minimum absolute atomic E-state index is 0.431. The van der Waals surface area contributed by atoms with Crippen LogP contribution in [0.5, 0.6) is 0 Å². The molecule has 4 heteroatoms. The minimum atomic E-state index is -1.15. The molecule has 0 aliphatic rings. The second kappa shape index (κ2) is 5.55. The summed E-state index contributed by atoms with van der Waals surface area (Å²) in [6.45, 7) is 1.94. The lowest BCUT2D eigenvalue weighted by molar-refractivity contribution is 0.682. The van der Waals surface area contributed by atoms with Gasteiger partial charge in [-0.3, -0.25) is 4.21 Å². The fourth-order valence-corrected chi connectivity index (χ4v) is 3.37. The second-order valence-electron chi connectivity index (χ2n) is 4.05. The summed E-state index contributed by atoms with van der Waals surface area (Å²) in [5.74, 6) is 0.431. The standard InChI is InChI=1S/C14H14ClNOS/c1-10-11(5-4-7-13(10)16)9-18(17)14-8-3-2-6-12(14)15/h2-8H,9,16H2,1H3. The normalized spacial score (nSPS) is 12.3. The Morgan fingerprint density at radius 2 is 1.89 bits per heavy atom. The zero-order chi connectivity index (χ0) is 13.1. The van der Waals surface area contributed by atoms with Crippen LogP contribution in [0, 0.1) is 6.92 Å². The SMILES string of the molecule is Cc1c(N)cccc1CS(=O)c1ccccc1Cl. The van der Waals surface area contributed by atoms with Crippen molar-refractivity contribution in [2.45, 2.75) is 17.6 Å². The zero-order valence-corrected chi connectivity index (χ0v) is 11.6. The van der Waals surface area contributed by atoms with Crippen LogP contribution in [0.4, 0.5) is 5.69 Å². The molecule has 1 unspecified atom stereocenters. The largest absolute Gasteiger partial charge is 0.399 e. The van der Waals surface area contributed by atoms with E-state index in [9.17, 15) is 4.21 Å². The summed E-state index contributed by atoms with van der Waals surface area (Å²) < 4.78 is 12.3. The number of halogens is 1. The Balaban J connectivity index is 2.27. The molecule has 2 aromatic carbocycles. The van der Waals surface area contributed by atoms with Gasteiger partial charge in [0.25, 0.3) is 0 Å². The lowest BCUT2D eigenvalue weighted by Gasteiger charge is -2.09. The third kappa shape index (κ3) is 2.74. The molecule has 0 aromatic heterocycles. The first-order valence-corrected chi connectivity index (χ1v) is 7.26. The zero-order valence-electron chi connectivity index (χ0n) is 10.0. The molecule has 0 heterocycles. The first-order valence-electron chi connectivity index (χ1n) is 5.56. The van der Waals surface area contributed by atoms with Crippen LogP contribution in [0.2, 0.25) is 5.02 Å². The number of benzene rings is 2. The molecule has 0 bridgehead atoms. The summed E-state index contributed by atoms with van der Waals surface area (Å²) in [5.41, 5.74) is 8.54. The highest BCUT2D eigenvalue weighted by Gasteiger charge is 2.11. The van der Waals surface area contributed by atoms with Crippen LogP contribution in [0.15, 0.2) is 47.4 Å². The average molecular weight is 280 g/mol. The maximum absolute atomic E-state index is 12.3. The van der Waals surface area contributed by atoms with E-state index in [4.69, 9.17) is 17.3 Å². The number of anilines is 1. The van der Waals surface area contributed by atoms with Crippen LogP contribution >= 0.6 is 11.6 Å². The molecule has 94 valence electrons. The van der Waals surface area contributed by atoms with Crippen molar-refractivity contribution in [3.8, 4) is 0 Å². The third-order valence-electron chi connectivity index (χ3n) is 2.86. The van der Waals surface area contributed by atoms with Crippen molar-refractivity contribution in [2.24, 2.45) is 0 Å². The van der Waals surface area contributed by atoms with Crippen molar-refractivity contribution < 1.29 is 4.21 Å². The predicted octanol–water partition coefficient (Wildman–Crippen LogP) is 3.54. The molecule has 0 radical (unpaired) electrons. The Bertz CT molecular complexity index is 598. The number of rotatable bonds is 3. The van der Waals surface area contributed by atoms with Crippen molar-refractivity contribution in [3.05, 3.63) is 58.6 Å². The van der Waals surface area contributed by atoms with Gasteiger partial charge in [0.2, 0.25) is 0 Å². The maximum atomic E-state index is 12.3. The van der Waals surface area contributed by atoms with Gasteiger partial charge in [-0.15, -0.1) is 0 Å². The van der Waals surface area contributed by atoms with Gasteiger partial charge < -0.3 is 5.73 Å². The van der Waals surface area contributed by atoms with E-state index in [1.54, 1.807) is 12.1 Å². The van der Waals surface area contributed by atoms with Crippen LogP contribution in [0.25, 0.3) is 0 Å². The molecular weight excluding hydrogens is 266 g/mol. The first kappa shape index (κ1) is 13.1. The van der Waals surface area contributed by atoms with Crippen LogP contribution in [-0.4, -0.2) is 4.21 Å². The summed E-state index contributed by atoms with van der Waals surface area (Å²) in [6.07, 6.45) is 0. The van der Waals surface area contributed by atoms with Crippen molar-refractivity contribution in [1.82, 2.24) is 0 Å². The molecule has 2 rings (SSSR count). The second-order valence-corrected chi connectivity index (χ2v) is 5.88. The van der Waals surface area contributed by atoms with E-state index in [0.29, 0.717) is 15.7 Å². The van der Waals surface area contributed by atoms with Gasteiger partial charge in [0.15, 0.2) is 0 Å². The predicted molar refractivity (Wildman–Crippen MR) is 77.2 cm³/mol. The van der Waals surface area contributed by atoms with Crippen molar-refractivity contribution in [3.63, 3.8) is 0 Å². The summed E-state index contributed by atoms with van der Waals surface area (Å²) in [5, 5.41) is 0.539. The number of nitrogen functional groups attached to an aromatic ring is 1. The molecule has 0 saturated heterocycles. The molecule has 0 aliphatic carbocycles. The molecule has 2 N–H and O–H groups in total. The van der Waals surface area contributed by atoms with Crippen LogP contribution in [-0.2, 0) is 16.6 Å². The van der Waals surface area contributed by atoms with Gasteiger partial charge in [-0.25, -0.2) is 0 Å². The summed E-state index contributed by atoms with van der Waals surface area (Å²) in [4.78, 5) is 0.668. The van der Waals surface area contributed by atoms with Gasteiger partial charge in [0, 0.05) is 5.69 Å². The van der Waals surface area contributed by atoms with Gasteiger partial charge in [-0.1, -0.05) is 35.9 Å². The van der Waals surface area contributed by atoms with E-state index < -0.39 is 10.8 Å². The van der Waals surface area contributed by atoms with Gasteiger partial charge in [0.1, 0.15) is 0 Å². The highest BCUT2D eigenvalue weighted by molar-refractivity contribution is 7.84. The molecule has 1 atom stereocenters. The summed E-state index contributed by atoms with van der Waals surface area (Å²) in [7, 11) is -1.15. The topological polar surface area (TPSA) is 43.1 Å². The van der Waals surface area contributed by atoms with Crippen molar-refractivity contribution in [2.75, 3.05) is 5.73 Å². The minimum Gasteiger partial charge on any atom is -0.399 e. The Morgan fingerprint density at radius 1 is 1.17 bits per heavy atom. The monoisotopic (exact) mass is 279 g/mol. The molecule has 0 aliphatic heterocycles. The first-order chi connectivity index (χ1) is 8.59. The molecule has 0 amide bonds.